The van der Waals surface area contributed by atoms with Gasteiger partial charge in [0.2, 0.25) is 11.8 Å². The maximum Gasteiger partial charge on any atom is 0.266 e. The molecule has 8 heteroatoms. The van der Waals surface area contributed by atoms with Gasteiger partial charge < -0.3 is 14.3 Å². The number of anilines is 1. The van der Waals surface area contributed by atoms with Gasteiger partial charge in [-0.05, 0) is 29.6 Å². The Morgan fingerprint density at radius 3 is 2.80 bits per heavy atom. The first-order valence-corrected chi connectivity index (χ1v) is 10.5. The Kier molecular flexibility index (Phi) is 4.77. The fourth-order valence-corrected chi connectivity index (χ4v) is 4.97. The van der Waals surface area contributed by atoms with E-state index in [0.717, 1.165) is 39.0 Å². The van der Waals surface area contributed by atoms with Crippen molar-refractivity contribution in [3.05, 3.63) is 60.2 Å². The molecule has 30 heavy (non-hydrogen) atoms. The maximum absolute atomic E-state index is 12.9. The third kappa shape index (κ3) is 3.58. The number of rotatable bonds is 6. The van der Waals surface area contributed by atoms with Crippen molar-refractivity contribution in [1.82, 2.24) is 24.8 Å². The Morgan fingerprint density at radius 2 is 2.07 bits per heavy atom. The molecule has 2 aliphatic heterocycles. The van der Waals surface area contributed by atoms with E-state index in [4.69, 9.17) is 4.52 Å². The second-order valence-electron chi connectivity index (χ2n) is 8.52. The zero-order valence-corrected chi connectivity index (χ0v) is 17.1. The van der Waals surface area contributed by atoms with E-state index in [2.05, 4.69) is 44.4 Å². The van der Waals surface area contributed by atoms with Crippen molar-refractivity contribution in [1.29, 1.82) is 0 Å². The predicted molar refractivity (Wildman–Crippen MR) is 111 cm³/mol. The number of aryl methyl sites for hydroxylation is 2. The van der Waals surface area contributed by atoms with Gasteiger partial charge in [-0.25, -0.2) is 0 Å². The molecule has 8 nitrogen and oxygen atoms in total. The molecular weight excluding hydrogens is 380 g/mol. The Balaban J connectivity index is 1.34. The molecule has 4 heterocycles. The molecule has 5 rings (SSSR count). The number of aromatic nitrogens is 4. The van der Waals surface area contributed by atoms with Crippen LogP contribution in [-0.4, -0.2) is 56.9 Å². The first-order chi connectivity index (χ1) is 14.6. The highest BCUT2D eigenvalue weighted by molar-refractivity contribution is 5.76. The molecule has 2 fully saturated rings. The smallest absolute Gasteiger partial charge is 0.266 e. The molecule has 0 unspecified atom stereocenters. The molecule has 0 N–H and O–H groups in total. The lowest BCUT2D eigenvalue weighted by atomic mass is 9.76. The average Bonchev–Trinajstić information content (AvgIpc) is 3.51. The molecule has 0 saturated carbocycles. The van der Waals surface area contributed by atoms with E-state index in [9.17, 15) is 4.79 Å². The van der Waals surface area contributed by atoms with E-state index in [0.29, 0.717) is 24.3 Å². The number of amides is 1. The molecule has 156 valence electrons. The van der Waals surface area contributed by atoms with Crippen LogP contribution in [0.15, 0.2) is 53.3 Å². The standard InChI is InChI=1S/C22H26N6O2/c1-17-24-21(25-30-17)27-13-19-12-26(20(29)14-28-11-5-10-23-28)15-22(19,16-27)9-8-18-6-3-2-4-7-18/h2-7,10-11,19H,8-9,12-16H2,1H3/t19-,22+/m1/s1. The second kappa shape index (κ2) is 7.59. The van der Waals surface area contributed by atoms with Gasteiger partial charge in [-0.1, -0.05) is 30.3 Å². The number of hydrogen-bond acceptors (Lipinski definition) is 6. The average molecular weight is 406 g/mol. The van der Waals surface area contributed by atoms with Crippen LogP contribution in [0.2, 0.25) is 0 Å². The molecule has 3 aromatic rings. The summed E-state index contributed by atoms with van der Waals surface area (Å²) >= 11 is 0. The van der Waals surface area contributed by atoms with Crippen LogP contribution in [0, 0.1) is 18.3 Å². The Labute approximate surface area is 175 Å². The van der Waals surface area contributed by atoms with E-state index in [-0.39, 0.29) is 11.3 Å². The maximum atomic E-state index is 12.9. The highest BCUT2D eigenvalue weighted by Crippen LogP contribution is 2.46. The summed E-state index contributed by atoms with van der Waals surface area (Å²) in [5.41, 5.74) is 1.37. The highest BCUT2D eigenvalue weighted by atomic mass is 16.5. The molecule has 0 bridgehead atoms. The molecule has 2 aliphatic rings. The van der Waals surface area contributed by atoms with Crippen molar-refractivity contribution >= 4 is 11.9 Å². The molecule has 2 aromatic heterocycles. The predicted octanol–water partition coefficient (Wildman–Crippen LogP) is 2.17. The number of benzene rings is 1. The second-order valence-corrected chi connectivity index (χ2v) is 8.52. The quantitative estimate of drug-likeness (QED) is 0.624. The fraction of sp³-hybridized carbons (Fsp3) is 0.455. The van der Waals surface area contributed by atoms with Gasteiger partial charge in [-0.3, -0.25) is 9.48 Å². The summed E-state index contributed by atoms with van der Waals surface area (Å²) in [6, 6.07) is 12.4. The van der Waals surface area contributed by atoms with Gasteiger partial charge in [0.05, 0.1) is 0 Å². The number of carbonyl (C=O) groups is 1. The molecule has 0 radical (unpaired) electrons. The minimum Gasteiger partial charge on any atom is -0.340 e. The van der Waals surface area contributed by atoms with Crippen LogP contribution in [0.1, 0.15) is 17.9 Å². The van der Waals surface area contributed by atoms with Crippen molar-refractivity contribution in [2.45, 2.75) is 26.3 Å². The lowest BCUT2D eigenvalue weighted by Gasteiger charge is -2.29. The minimum absolute atomic E-state index is 0.0319. The zero-order chi connectivity index (χ0) is 20.6. The summed E-state index contributed by atoms with van der Waals surface area (Å²) in [6.45, 7) is 5.32. The van der Waals surface area contributed by atoms with Gasteiger partial charge in [0.15, 0.2) is 0 Å². The van der Waals surface area contributed by atoms with Gasteiger partial charge in [-0.15, -0.1) is 0 Å². The van der Waals surface area contributed by atoms with Crippen LogP contribution < -0.4 is 4.90 Å². The van der Waals surface area contributed by atoms with Crippen LogP contribution in [0.5, 0.6) is 0 Å². The van der Waals surface area contributed by atoms with Crippen LogP contribution in [0.3, 0.4) is 0 Å². The van der Waals surface area contributed by atoms with Crippen molar-refractivity contribution in [2.75, 3.05) is 31.1 Å². The molecule has 0 spiro atoms. The SMILES string of the molecule is Cc1nc(N2C[C@H]3CN(C(=O)Cn4cccn4)C[C@@]3(CCc3ccccc3)C2)no1. The largest absolute Gasteiger partial charge is 0.340 e. The van der Waals surface area contributed by atoms with E-state index in [1.165, 1.54) is 5.56 Å². The lowest BCUT2D eigenvalue weighted by molar-refractivity contribution is -0.131. The van der Waals surface area contributed by atoms with Crippen LogP contribution in [0.4, 0.5) is 5.95 Å². The van der Waals surface area contributed by atoms with Crippen molar-refractivity contribution in [3.63, 3.8) is 0 Å². The lowest BCUT2D eigenvalue weighted by Crippen LogP contribution is -2.38. The summed E-state index contributed by atoms with van der Waals surface area (Å²) in [6.07, 6.45) is 5.57. The third-order valence-corrected chi connectivity index (χ3v) is 6.52. The van der Waals surface area contributed by atoms with Crippen molar-refractivity contribution < 1.29 is 9.32 Å². The summed E-state index contributed by atoms with van der Waals surface area (Å²) in [5, 5.41) is 8.31. The number of carbonyl (C=O) groups excluding carboxylic acids is 1. The Bertz CT molecular complexity index is 1000. The fourth-order valence-electron chi connectivity index (χ4n) is 4.97. The molecular formula is C22H26N6O2. The van der Waals surface area contributed by atoms with E-state index in [1.54, 1.807) is 10.9 Å². The van der Waals surface area contributed by atoms with Gasteiger partial charge in [0.25, 0.3) is 5.95 Å². The zero-order valence-electron chi connectivity index (χ0n) is 17.1. The topological polar surface area (TPSA) is 80.3 Å². The van der Waals surface area contributed by atoms with Crippen molar-refractivity contribution in [2.24, 2.45) is 11.3 Å². The van der Waals surface area contributed by atoms with Crippen LogP contribution >= 0.6 is 0 Å². The van der Waals surface area contributed by atoms with Gasteiger partial charge >= 0.3 is 0 Å². The first kappa shape index (κ1) is 18.8. The molecule has 2 atom stereocenters. The summed E-state index contributed by atoms with van der Waals surface area (Å²) in [7, 11) is 0. The summed E-state index contributed by atoms with van der Waals surface area (Å²) in [4.78, 5) is 21.6. The number of likely N-dealkylation sites (tertiary alicyclic amines) is 1. The van der Waals surface area contributed by atoms with Gasteiger partial charge in [-0.2, -0.15) is 10.1 Å². The molecule has 2 saturated heterocycles. The molecule has 1 amide bonds. The number of hydrogen-bond donors (Lipinski definition) is 0. The summed E-state index contributed by atoms with van der Waals surface area (Å²) < 4.78 is 6.90. The number of fused-ring (bicyclic) bond motifs is 1. The molecule has 0 aliphatic carbocycles. The van der Waals surface area contributed by atoms with Gasteiger partial charge in [0, 0.05) is 56.8 Å². The first-order valence-electron chi connectivity index (χ1n) is 10.5. The van der Waals surface area contributed by atoms with E-state index >= 15 is 0 Å². The normalized spacial score (nSPS) is 23.2. The Hall–Kier alpha value is -3.16. The summed E-state index contributed by atoms with van der Waals surface area (Å²) in [5.74, 6) is 1.77. The van der Waals surface area contributed by atoms with Gasteiger partial charge in [0.1, 0.15) is 6.54 Å². The van der Waals surface area contributed by atoms with E-state index < -0.39 is 0 Å². The highest BCUT2D eigenvalue weighted by Gasteiger charge is 2.53. The van der Waals surface area contributed by atoms with Crippen molar-refractivity contribution in [3.8, 4) is 0 Å². The monoisotopic (exact) mass is 406 g/mol. The molecule has 1 aromatic carbocycles. The number of nitrogens with zero attached hydrogens (tertiary/aromatic N) is 6. The Morgan fingerprint density at radius 1 is 1.20 bits per heavy atom. The minimum atomic E-state index is 0.0319. The van der Waals surface area contributed by atoms with Crippen LogP contribution in [0.25, 0.3) is 0 Å². The van der Waals surface area contributed by atoms with Crippen LogP contribution in [-0.2, 0) is 17.8 Å². The third-order valence-electron chi connectivity index (χ3n) is 6.52. The van der Waals surface area contributed by atoms with E-state index in [1.807, 2.05) is 30.2 Å².